The van der Waals surface area contributed by atoms with Gasteiger partial charge in [-0.3, -0.25) is 0 Å². The molecule has 3 rings (SSSR count). The predicted molar refractivity (Wildman–Crippen MR) is 84.5 cm³/mol. The van der Waals surface area contributed by atoms with Crippen LogP contribution in [-0.2, 0) is 0 Å². The second-order valence-corrected chi connectivity index (χ2v) is 5.63. The van der Waals surface area contributed by atoms with Gasteiger partial charge in [0.2, 0.25) is 0 Å². The minimum absolute atomic E-state index is 0.389. The van der Waals surface area contributed by atoms with Gasteiger partial charge in [-0.05, 0) is 19.1 Å². The summed E-state index contributed by atoms with van der Waals surface area (Å²) in [5, 5.41) is 7.83. The molecule has 6 nitrogen and oxygen atoms in total. The maximum atomic E-state index is 6.14. The molecule has 0 unspecified atom stereocenters. The van der Waals surface area contributed by atoms with Crippen molar-refractivity contribution in [2.45, 2.75) is 6.92 Å². The van der Waals surface area contributed by atoms with Gasteiger partial charge in [0.05, 0.1) is 7.11 Å². The summed E-state index contributed by atoms with van der Waals surface area (Å²) in [4.78, 5) is 8.23. The normalized spacial score (nSPS) is 10.9. The molecular weight excluding hydrogens is 358 g/mol. The second kappa shape index (κ2) is 5.50. The number of nitrogens with one attached hydrogen (secondary N) is 1. The number of ether oxygens (including phenoxy) is 1. The van der Waals surface area contributed by atoms with Crippen molar-refractivity contribution >= 4 is 44.8 Å². The summed E-state index contributed by atoms with van der Waals surface area (Å²) in [6, 6.07) is 5.68. The van der Waals surface area contributed by atoms with Crippen LogP contribution in [0, 0.1) is 6.92 Å². The Labute approximate surface area is 134 Å². The van der Waals surface area contributed by atoms with E-state index in [0.717, 1.165) is 21.5 Å². The molecule has 0 aliphatic rings. The highest BCUT2D eigenvalue weighted by molar-refractivity contribution is 9.10. The molecule has 3 aromatic rings. The first-order valence-corrected chi connectivity index (χ1v) is 7.23. The van der Waals surface area contributed by atoms with Crippen LogP contribution in [0.3, 0.4) is 0 Å². The Morgan fingerprint density at radius 2 is 2.14 bits per heavy atom. The van der Waals surface area contributed by atoms with Crippen molar-refractivity contribution < 1.29 is 4.74 Å². The van der Waals surface area contributed by atoms with Gasteiger partial charge in [0, 0.05) is 21.8 Å². The van der Waals surface area contributed by atoms with Crippen molar-refractivity contribution in [1.82, 2.24) is 19.6 Å². The quantitative estimate of drug-likeness (QED) is 0.716. The lowest BCUT2D eigenvalue weighted by molar-refractivity contribution is 0.415. The molecule has 0 fully saturated rings. The highest BCUT2D eigenvalue weighted by Crippen LogP contribution is 2.29. The first-order chi connectivity index (χ1) is 10.1. The number of methoxy groups -OCH3 is 1. The first kappa shape index (κ1) is 14.1. The number of benzene rings is 1. The molecule has 2 aromatic heterocycles. The van der Waals surface area contributed by atoms with E-state index >= 15 is 0 Å². The number of aromatic nitrogens is 4. The van der Waals surface area contributed by atoms with Gasteiger partial charge in [-0.1, -0.05) is 27.5 Å². The fourth-order valence-corrected chi connectivity index (χ4v) is 2.57. The molecule has 2 heterocycles. The monoisotopic (exact) mass is 367 g/mol. The summed E-state index contributed by atoms with van der Waals surface area (Å²) in [6.07, 6.45) is 1.44. The Hall–Kier alpha value is -1.86. The van der Waals surface area contributed by atoms with Crippen LogP contribution in [0.2, 0.25) is 5.15 Å². The molecule has 108 valence electrons. The molecule has 0 aliphatic heterocycles. The lowest BCUT2D eigenvalue weighted by Crippen LogP contribution is -2.05. The Morgan fingerprint density at radius 1 is 1.33 bits per heavy atom. The van der Waals surface area contributed by atoms with E-state index in [1.54, 1.807) is 11.6 Å². The zero-order valence-electron chi connectivity index (χ0n) is 11.3. The van der Waals surface area contributed by atoms with E-state index in [0.29, 0.717) is 16.7 Å². The van der Waals surface area contributed by atoms with Gasteiger partial charge < -0.3 is 10.1 Å². The van der Waals surface area contributed by atoms with Gasteiger partial charge in [-0.25, -0.2) is 0 Å². The summed E-state index contributed by atoms with van der Waals surface area (Å²) in [5.41, 5.74) is 1.62. The van der Waals surface area contributed by atoms with Gasteiger partial charge in [-0.15, -0.1) is 0 Å². The number of hydrogen-bond donors (Lipinski definition) is 1. The van der Waals surface area contributed by atoms with Crippen molar-refractivity contribution in [3.05, 3.63) is 39.7 Å². The van der Waals surface area contributed by atoms with E-state index in [2.05, 4.69) is 36.3 Å². The molecule has 21 heavy (non-hydrogen) atoms. The van der Waals surface area contributed by atoms with E-state index < -0.39 is 0 Å². The molecule has 0 bridgehead atoms. The maximum Gasteiger partial charge on any atom is 0.255 e. The SMILES string of the molecule is COc1cc(Br)cc(Nc2c(C)c(Cl)nc3ncnn23)c1. The van der Waals surface area contributed by atoms with Crippen LogP contribution in [0.5, 0.6) is 5.75 Å². The molecular formula is C13H11BrClN5O. The third-order valence-electron chi connectivity index (χ3n) is 2.97. The van der Waals surface area contributed by atoms with Gasteiger partial charge >= 0.3 is 0 Å². The minimum Gasteiger partial charge on any atom is -0.497 e. The van der Waals surface area contributed by atoms with E-state index in [1.807, 2.05) is 25.1 Å². The lowest BCUT2D eigenvalue weighted by Gasteiger charge is -2.13. The van der Waals surface area contributed by atoms with Crippen molar-refractivity contribution in [3.8, 4) is 5.75 Å². The zero-order valence-corrected chi connectivity index (χ0v) is 13.6. The van der Waals surface area contributed by atoms with Crippen LogP contribution >= 0.6 is 27.5 Å². The van der Waals surface area contributed by atoms with Crippen LogP contribution in [-0.4, -0.2) is 26.7 Å². The molecule has 1 N–H and O–H groups in total. The molecule has 0 aliphatic carbocycles. The molecule has 8 heteroatoms. The van der Waals surface area contributed by atoms with Crippen molar-refractivity contribution in [2.75, 3.05) is 12.4 Å². The zero-order chi connectivity index (χ0) is 15.0. The minimum atomic E-state index is 0.389. The predicted octanol–water partition coefficient (Wildman–Crippen LogP) is 3.60. The van der Waals surface area contributed by atoms with E-state index in [1.165, 1.54) is 6.33 Å². The average Bonchev–Trinajstić information content (AvgIpc) is 2.91. The van der Waals surface area contributed by atoms with Gasteiger partial charge in [0.1, 0.15) is 23.0 Å². The van der Waals surface area contributed by atoms with E-state index in [4.69, 9.17) is 16.3 Å². The molecule has 0 amide bonds. The first-order valence-electron chi connectivity index (χ1n) is 6.06. The number of hydrogen-bond acceptors (Lipinski definition) is 5. The highest BCUT2D eigenvalue weighted by Gasteiger charge is 2.13. The largest absolute Gasteiger partial charge is 0.497 e. The maximum absolute atomic E-state index is 6.14. The van der Waals surface area contributed by atoms with Crippen LogP contribution < -0.4 is 10.1 Å². The van der Waals surface area contributed by atoms with Gasteiger partial charge in [0.15, 0.2) is 0 Å². The van der Waals surface area contributed by atoms with Crippen LogP contribution in [0.4, 0.5) is 11.5 Å². The van der Waals surface area contributed by atoms with Gasteiger partial charge in [0.25, 0.3) is 5.78 Å². The van der Waals surface area contributed by atoms with Crippen molar-refractivity contribution in [3.63, 3.8) is 0 Å². The molecule has 0 radical (unpaired) electrons. The molecule has 1 aromatic carbocycles. The van der Waals surface area contributed by atoms with E-state index in [9.17, 15) is 0 Å². The molecule has 0 saturated heterocycles. The fraction of sp³-hybridized carbons (Fsp3) is 0.154. The van der Waals surface area contributed by atoms with Crippen LogP contribution in [0.15, 0.2) is 29.0 Å². The second-order valence-electron chi connectivity index (χ2n) is 4.35. The molecule has 0 atom stereocenters. The number of fused-ring (bicyclic) bond motifs is 1. The highest BCUT2D eigenvalue weighted by atomic mass is 79.9. The van der Waals surface area contributed by atoms with Crippen molar-refractivity contribution in [2.24, 2.45) is 0 Å². The average molecular weight is 369 g/mol. The Kier molecular flexibility index (Phi) is 3.69. The number of halogens is 2. The summed E-state index contributed by atoms with van der Waals surface area (Å²) in [5.74, 6) is 1.89. The third-order valence-corrected chi connectivity index (χ3v) is 3.80. The summed E-state index contributed by atoms with van der Waals surface area (Å²) < 4.78 is 7.76. The number of nitrogens with zero attached hydrogens (tertiary/aromatic N) is 4. The third kappa shape index (κ3) is 2.66. The number of anilines is 2. The lowest BCUT2D eigenvalue weighted by atomic mass is 10.2. The summed E-state index contributed by atoms with van der Waals surface area (Å²) in [7, 11) is 1.62. The summed E-state index contributed by atoms with van der Waals surface area (Å²) in [6.45, 7) is 1.87. The number of rotatable bonds is 3. The Morgan fingerprint density at radius 3 is 2.90 bits per heavy atom. The van der Waals surface area contributed by atoms with E-state index in [-0.39, 0.29) is 0 Å². The van der Waals surface area contributed by atoms with Crippen molar-refractivity contribution in [1.29, 1.82) is 0 Å². The van der Waals surface area contributed by atoms with Crippen LogP contribution in [0.25, 0.3) is 5.78 Å². The molecule has 0 spiro atoms. The fourth-order valence-electron chi connectivity index (χ4n) is 1.93. The topological polar surface area (TPSA) is 64.3 Å². The smallest absolute Gasteiger partial charge is 0.255 e. The van der Waals surface area contributed by atoms with Gasteiger partial charge in [-0.2, -0.15) is 19.6 Å². The Bertz CT molecular complexity index is 820. The molecule has 0 saturated carbocycles. The summed E-state index contributed by atoms with van der Waals surface area (Å²) >= 11 is 9.59. The Balaban J connectivity index is 2.11. The van der Waals surface area contributed by atoms with Crippen LogP contribution in [0.1, 0.15) is 5.56 Å². The standard InChI is InChI=1S/C13H11BrClN5O/c1-7-11(15)19-13-16-6-17-20(13)12(7)18-9-3-8(14)4-10(5-9)21-2/h3-6,18H,1-2H3.